The molecule has 1 amide bonds. The first kappa shape index (κ1) is 17.1. The first-order valence-corrected chi connectivity index (χ1v) is 9.48. The number of likely N-dealkylation sites (tertiary alicyclic amines) is 1. The van der Waals surface area contributed by atoms with Crippen LogP contribution in [0.4, 0.5) is 10.8 Å². The molecule has 1 fully saturated rings. The lowest BCUT2D eigenvalue weighted by Crippen LogP contribution is -2.36. The lowest BCUT2D eigenvalue weighted by Gasteiger charge is -2.32. The summed E-state index contributed by atoms with van der Waals surface area (Å²) in [5, 5.41) is 2.84. The SMILES string of the molecule is CC(=O)N(c1ccc(C)cc1)c1nc(CN2CCCC[C@@H]2C)cs1. The highest BCUT2D eigenvalue weighted by molar-refractivity contribution is 7.14. The lowest BCUT2D eigenvalue weighted by atomic mass is 10.0. The van der Waals surface area contributed by atoms with Gasteiger partial charge in [0, 0.05) is 24.9 Å². The highest BCUT2D eigenvalue weighted by atomic mass is 32.1. The van der Waals surface area contributed by atoms with Crippen molar-refractivity contribution >= 4 is 28.1 Å². The molecule has 1 aliphatic heterocycles. The monoisotopic (exact) mass is 343 g/mol. The number of hydrogen-bond acceptors (Lipinski definition) is 4. The minimum Gasteiger partial charge on any atom is -0.295 e. The van der Waals surface area contributed by atoms with E-state index in [2.05, 4.69) is 17.2 Å². The summed E-state index contributed by atoms with van der Waals surface area (Å²) in [6.45, 7) is 7.94. The van der Waals surface area contributed by atoms with Gasteiger partial charge in [0.15, 0.2) is 5.13 Å². The molecule has 5 heteroatoms. The maximum Gasteiger partial charge on any atom is 0.230 e. The summed E-state index contributed by atoms with van der Waals surface area (Å²) in [6, 6.07) is 8.62. The number of nitrogens with zero attached hydrogens (tertiary/aromatic N) is 3. The molecule has 2 heterocycles. The largest absolute Gasteiger partial charge is 0.295 e. The summed E-state index contributed by atoms with van der Waals surface area (Å²) in [7, 11) is 0. The van der Waals surface area contributed by atoms with E-state index in [9.17, 15) is 4.79 Å². The van der Waals surface area contributed by atoms with Crippen LogP contribution >= 0.6 is 11.3 Å². The second-order valence-electron chi connectivity index (χ2n) is 6.63. The highest BCUT2D eigenvalue weighted by Crippen LogP contribution is 2.30. The van der Waals surface area contributed by atoms with E-state index >= 15 is 0 Å². The van der Waals surface area contributed by atoms with Gasteiger partial charge in [0.05, 0.1) is 11.4 Å². The predicted molar refractivity (Wildman–Crippen MR) is 99.8 cm³/mol. The fraction of sp³-hybridized carbons (Fsp3) is 0.474. The molecule has 0 N–H and O–H groups in total. The Morgan fingerprint density at radius 1 is 1.33 bits per heavy atom. The van der Waals surface area contributed by atoms with Crippen molar-refractivity contribution < 1.29 is 4.79 Å². The summed E-state index contributed by atoms with van der Waals surface area (Å²) in [5.74, 6) is -0.00825. The van der Waals surface area contributed by atoms with E-state index in [1.54, 1.807) is 23.2 Å². The maximum atomic E-state index is 12.2. The molecule has 4 nitrogen and oxygen atoms in total. The van der Waals surface area contributed by atoms with Gasteiger partial charge < -0.3 is 0 Å². The number of carbonyl (C=O) groups is 1. The molecule has 1 atom stereocenters. The van der Waals surface area contributed by atoms with Crippen molar-refractivity contribution in [2.24, 2.45) is 0 Å². The van der Waals surface area contributed by atoms with E-state index in [1.165, 1.54) is 24.8 Å². The average molecular weight is 343 g/mol. The van der Waals surface area contributed by atoms with Crippen molar-refractivity contribution in [3.05, 3.63) is 40.9 Å². The van der Waals surface area contributed by atoms with Crippen LogP contribution in [0.3, 0.4) is 0 Å². The molecular formula is C19H25N3OS. The molecule has 2 aromatic rings. The van der Waals surface area contributed by atoms with E-state index in [0.717, 1.165) is 29.6 Å². The van der Waals surface area contributed by atoms with Crippen LogP contribution in [0.1, 0.15) is 44.4 Å². The van der Waals surface area contributed by atoms with Gasteiger partial charge >= 0.3 is 0 Å². The van der Waals surface area contributed by atoms with Gasteiger partial charge in [0.1, 0.15) is 0 Å². The molecule has 0 saturated carbocycles. The number of amides is 1. The Balaban J connectivity index is 1.79. The zero-order chi connectivity index (χ0) is 17.1. The van der Waals surface area contributed by atoms with Gasteiger partial charge in [-0.25, -0.2) is 4.98 Å². The number of anilines is 2. The van der Waals surface area contributed by atoms with Crippen molar-refractivity contribution in [1.29, 1.82) is 0 Å². The molecular weight excluding hydrogens is 318 g/mol. The van der Waals surface area contributed by atoms with Crippen molar-refractivity contribution in [2.75, 3.05) is 11.4 Å². The number of rotatable bonds is 4. The molecule has 1 aliphatic rings. The Hall–Kier alpha value is -1.72. The van der Waals surface area contributed by atoms with Gasteiger partial charge in [-0.1, -0.05) is 24.1 Å². The Morgan fingerprint density at radius 3 is 2.75 bits per heavy atom. The number of hydrogen-bond donors (Lipinski definition) is 0. The minimum absolute atomic E-state index is 0.00825. The number of piperidine rings is 1. The summed E-state index contributed by atoms with van der Waals surface area (Å²) >= 11 is 1.54. The van der Waals surface area contributed by atoms with Crippen molar-refractivity contribution in [3.63, 3.8) is 0 Å². The molecule has 128 valence electrons. The van der Waals surface area contributed by atoms with Crippen LogP contribution in [0, 0.1) is 6.92 Å². The Labute approximate surface area is 148 Å². The molecule has 1 aromatic carbocycles. The lowest BCUT2D eigenvalue weighted by molar-refractivity contribution is -0.115. The van der Waals surface area contributed by atoms with Crippen molar-refractivity contribution in [1.82, 2.24) is 9.88 Å². The van der Waals surface area contributed by atoms with Crippen LogP contribution in [-0.4, -0.2) is 28.4 Å². The molecule has 0 aliphatic carbocycles. The third-order valence-electron chi connectivity index (χ3n) is 4.64. The van der Waals surface area contributed by atoms with Gasteiger partial charge in [-0.05, 0) is 45.4 Å². The topological polar surface area (TPSA) is 36.4 Å². The zero-order valence-electron chi connectivity index (χ0n) is 14.7. The standard InChI is InChI=1S/C19H25N3OS/c1-14-7-9-18(10-8-14)22(16(3)23)19-20-17(13-24-19)12-21-11-5-4-6-15(21)2/h7-10,13,15H,4-6,11-12H2,1-3H3/t15-/m0/s1. The molecule has 0 spiro atoms. The van der Waals surface area contributed by atoms with Crippen molar-refractivity contribution in [3.8, 4) is 0 Å². The van der Waals surface area contributed by atoms with Gasteiger partial charge in [0.25, 0.3) is 0 Å². The van der Waals surface area contributed by atoms with E-state index in [-0.39, 0.29) is 5.91 Å². The van der Waals surface area contributed by atoms with E-state index in [1.807, 2.05) is 31.2 Å². The summed E-state index contributed by atoms with van der Waals surface area (Å²) in [6.07, 6.45) is 3.86. The zero-order valence-corrected chi connectivity index (χ0v) is 15.5. The molecule has 0 bridgehead atoms. The first-order chi connectivity index (χ1) is 11.5. The normalized spacial score (nSPS) is 18.5. The fourth-order valence-electron chi connectivity index (χ4n) is 3.19. The third kappa shape index (κ3) is 3.84. The summed E-state index contributed by atoms with van der Waals surface area (Å²) in [5.41, 5.74) is 3.11. The number of aromatic nitrogens is 1. The number of carbonyl (C=O) groups excluding carboxylic acids is 1. The molecule has 1 saturated heterocycles. The predicted octanol–water partition coefficient (Wildman–Crippen LogP) is 4.51. The molecule has 24 heavy (non-hydrogen) atoms. The van der Waals surface area contributed by atoms with Gasteiger partial charge in [-0.3, -0.25) is 14.6 Å². The number of benzene rings is 1. The average Bonchev–Trinajstić information content (AvgIpc) is 2.99. The molecule has 0 radical (unpaired) electrons. The Bertz CT molecular complexity index is 695. The second kappa shape index (κ2) is 7.45. The minimum atomic E-state index is -0.00825. The molecule has 3 rings (SSSR count). The smallest absolute Gasteiger partial charge is 0.230 e. The van der Waals surface area contributed by atoms with Crippen LogP contribution in [0.25, 0.3) is 0 Å². The van der Waals surface area contributed by atoms with Crippen LogP contribution in [0.2, 0.25) is 0 Å². The van der Waals surface area contributed by atoms with E-state index in [4.69, 9.17) is 4.98 Å². The quantitative estimate of drug-likeness (QED) is 0.819. The van der Waals surface area contributed by atoms with Gasteiger partial charge in [-0.2, -0.15) is 0 Å². The van der Waals surface area contributed by atoms with E-state index in [0.29, 0.717) is 6.04 Å². The molecule has 1 aromatic heterocycles. The Morgan fingerprint density at radius 2 is 2.08 bits per heavy atom. The van der Waals surface area contributed by atoms with Gasteiger partial charge in [-0.15, -0.1) is 11.3 Å². The summed E-state index contributed by atoms with van der Waals surface area (Å²) < 4.78 is 0. The Kier molecular flexibility index (Phi) is 5.31. The number of thiazole rings is 1. The van der Waals surface area contributed by atoms with Crippen LogP contribution < -0.4 is 4.90 Å². The van der Waals surface area contributed by atoms with Crippen LogP contribution in [0.15, 0.2) is 29.6 Å². The third-order valence-corrected chi connectivity index (χ3v) is 5.52. The van der Waals surface area contributed by atoms with Crippen LogP contribution in [-0.2, 0) is 11.3 Å². The fourth-order valence-corrected chi connectivity index (χ4v) is 4.07. The van der Waals surface area contributed by atoms with E-state index < -0.39 is 0 Å². The first-order valence-electron chi connectivity index (χ1n) is 8.60. The second-order valence-corrected chi connectivity index (χ2v) is 7.46. The summed E-state index contributed by atoms with van der Waals surface area (Å²) in [4.78, 5) is 21.1. The van der Waals surface area contributed by atoms with Gasteiger partial charge in [0.2, 0.25) is 5.91 Å². The van der Waals surface area contributed by atoms with Crippen LogP contribution in [0.5, 0.6) is 0 Å². The van der Waals surface area contributed by atoms with Crippen molar-refractivity contribution in [2.45, 2.75) is 52.6 Å². The number of aryl methyl sites for hydroxylation is 1. The molecule has 0 unspecified atom stereocenters. The highest BCUT2D eigenvalue weighted by Gasteiger charge is 2.21. The maximum absolute atomic E-state index is 12.2.